The molecular weight excluding hydrogens is 328 g/mol. The maximum Gasteiger partial charge on any atom is 0.133 e. The van der Waals surface area contributed by atoms with Crippen molar-refractivity contribution >= 4 is 15.9 Å². The molecule has 0 unspecified atom stereocenters. The first kappa shape index (κ1) is 15.3. The van der Waals surface area contributed by atoms with E-state index in [1.165, 1.54) is 31.2 Å². The molecule has 2 fully saturated rings. The SMILES string of the molecule is COc1ccc([C@@H](C2CCCC2)N2CCNCC2)cc1Br. The van der Waals surface area contributed by atoms with Crippen LogP contribution in [-0.4, -0.2) is 38.2 Å². The number of halogens is 1. The highest BCUT2D eigenvalue weighted by molar-refractivity contribution is 9.10. The second-order valence-electron chi connectivity index (χ2n) is 6.17. The van der Waals surface area contributed by atoms with Gasteiger partial charge < -0.3 is 10.1 Å². The first-order valence-corrected chi connectivity index (χ1v) is 8.87. The predicted molar refractivity (Wildman–Crippen MR) is 89.8 cm³/mol. The number of nitrogens with zero attached hydrogens (tertiary/aromatic N) is 1. The summed E-state index contributed by atoms with van der Waals surface area (Å²) in [7, 11) is 1.73. The maximum absolute atomic E-state index is 5.38. The van der Waals surface area contributed by atoms with Crippen molar-refractivity contribution in [3.05, 3.63) is 28.2 Å². The minimum atomic E-state index is 0.566. The average Bonchev–Trinajstić information content (AvgIpc) is 3.03. The van der Waals surface area contributed by atoms with Crippen LogP contribution in [0.1, 0.15) is 37.3 Å². The standard InChI is InChI=1S/C17H25BrN2O/c1-21-16-7-6-14(12-15(16)18)17(13-4-2-3-5-13)20-10-8-19-9-11-20/h6-7,12-13,17,19H,2-5,8-11H2,1H3/t17-/m1/s1. The van der Waals surface area contributed by atoms with Crippen LogP contribution in [-0.2, 0) is 0 Å². The molecule has 1 saturated carbocycles. The van der Waals surface area contributed by atoms with E-state index in [0.29, 0.717) is 6.04 Å². The molecule has 0 radical (unpaired) electrons. The number of piperazine rings is 1. The topological polar surface area (TPSA) is 24.5 Å². The van der Waals surface area contributed by atoms with E-state index in [1.54, 1.807) is 7.11 Å². The fraction of sp³-hybridized carbons (Fsp3) is 0.647. The van der Waals surface area contributed by atoms with Gasteiger partial charge in [-0.1, -0.05) is 18.9 Å². The van der Waals surface area contributed by atoms with Gasteiger partial charge in [0.05, 0.1) is 11.6 Å². The van der Waals surface area contributed by atoms with Crippen molar-refractivity contribution in [3.8, 4) is 5.75 Å². The fourth-order valence-electron chi connectivity index (χ4n) is 3.88. The Labute approximate surface area is 136 Å². The van der Waals surface area contributed by atoms with Crippen LogP contribution in [0.3, 0.4) is 0 Å². The summed E-state index contributed by atoms with van der Waals surface area (Å²) in [5, 5.41) is 3.47. The van der Waals surface area contributed by atoms with Crippen LogP contribution in [0, 0.1) is 5.92 Å². The van der Waals surface area contributed by atoms with E-state index < -0.39 is 0 Å². The Hall–Kier alpha value is -0.580. The number of hydrogen-bond donors (Lipinski definition) is 1. The van der Waals surface area contributed by atoms with Crippen molar-refractivity contribution in [1.29, 1.82) is 0 Å². The summed E-state index contributed by atoms with van der Waals surface area (Å²) in [5.41, 5.74) is 1.44. The number of hydrogen-bond acceptors (Lipinski definition) is 3. The third-order valence-corrected chi connectivity index (χ3v) is 5.53. The molecule has 116 valence electrons. The van der Waals surface area contributed by atoms with Crippen LogP contribution in [0.15, 0.2) is 22.7 Å². The van der Waals surface area contributed by atoms with Crippen molar-refractivity contribution in [1.82, 2.24) is 10.2 Å². The Morgan fingerprint density at radius 3 is 2.57 bits per heavy atom. The van der Waals surface area contributed by atoms with Crippen LogP contribution >= 0.6 is 15.9 Å². The lowest BCUT2D eigenvalue weighted by Crippen LogP contribution is -2.46. The molecule has 1 aliphatic carbocycles. The molecule has 1 aromatic rings. The van der Waals surface area contributed by atoms with Gasteiger partial charge in [-0.3, -0.25) is 4.90 Å². The normalized spacial score (nSPS) is 22.4. The van der Waals surface area contributed by atoms with Gasteiger partial charge in [0.15, 0.2) is 0 Å². The molecule has 0 aromatic heterocycles. The second kappa shape index (κ2) is 7.12. The maximum atomic E-state index is 5.38. The highest BCUT2D eigenvalue weighted by Gasteiger charge is 2.32. The number of nitrogens with one attached hydrogen (secondary N) is 1. The number of benzene rings is 1. The first-order valence-electron chi connectivity index (χ1n) is 8.08. The quantitative estimate of drug-likeness (QED) is 0.895. The van der Waals surface area contributed by atoms with Crippen molar-refractivity contribution in [2.24, 2.45) is 5.92 Å². The molecule has 0 bridgehead atoms. The molecule has 1 heterocycles. The zero-order chi connectivity index (χ0) is 14.7. The van der Waals surface area contributed by atoms with E-state index >= 15 is 0 Å². The average molecular weight is 353 g/mol. The van der Waals surface area contributed by atoms with Crippen molar-refractivity contribution in [2.75, 3.05) is 33.3 Å². The van der Waals surface area contributed by atoms with E-state index in [4.69, 9.17) is 4.74 Å². The summed E-state index contributed by atoms with van der Waals surface area (Å²) in [6.07, 6.45) is 5.53. The van der Waals surface area contributed by atoms with E-state index in [-0.39, 0.29) is 0 Å². The van der Waals surface area contributed by atoms with Crippen LogP contribution in [0.25, 0.3) is 0 Å². The molecule has 1 aliphatic heterocycles. The van der Waals surface area contributed by atoms with Crippen molar-refractivity contribution < 1.29 is 4.74 Å². The molecule has 1 aromatic carbocycles. The number of methoxy groups -OCH3 is 1. The predicted octanol–water partition coefficient (Wildman–Crippen LogP) is 3.59. The lowest BCUT2D eigenvalue weighted by molar-refractivity contribution is 0.125. The zero-order valence-corrected chi connectivity index (χ0v) is 14.4. The van der Waals surface area contributed by atoms with Gasteiger partial charge in [-0.05, 0) is 52.4 Å². The van der Waals surface area contributed by atoms with Gasteiger partial charge in [0, 0.05) is 32.2 Å². The number of ether oxygens (including phenoxy) is 1. The lowest BCUT2D eigenvalue weighted by atomic mass is 9.89. The third kappa shape index (κ3) is 3.43. The monoisotopic (exact) mass is 352 g/mol. The number of rotatable bonds is 4. The van der Waals surface area contributed by atoms with Crippen molar-refractivity contribution in [3.63, 3.8) is 0 Å². The third-order valence-electron chi connectivity index (χ3n) is 4.91. The van der Waals surface area contributed by atoms with Crippen molar-refractivity contribution in [2.45, 2.75) is 31.7 Å². The molecule has 4 heteroatoms. The molecule has 3 rings (SSSR count). The summed E-state index contributed by atoms with van der Waals surface area (Å²) < 4.78 is 6.45. The Kier molecular flexibility index (Phi) is 5.19. The minimum Gasteiger partial charge on any atom is -0.496 e. The molecule has 1 saturated heterocycles. The summed E-state index contributed by atoms with van der Waals surface area (Å²) in [6, 6.07) is 7.19. The van der Waals surface area contributed by atoms with E-state index in [9.17, 15) is 0 Å². The molecule has 1 N–H and O–H groups in total. The van der Waals surface area contributed by atoms with E-state index in [0.717, 1.165) is 42.3 Å². The Balaban J connectivity index is 1.88. The van der Waals surface area contributed by atoms with Crippen LogP contribution in [0.5, 0.6) is 5.75 Å². The Morgan fingerprint density at radius 2 is 1.95 bits per heavy atom. The minimum absolute atomic E-state index is 0.566. The van der Waals surface area contributed by atoms with Crippen LogP contribution in [0.2, 0.25) is 0 Å². The van der Waals surface area contributed by atoms with Gasteiger partial charge in [0.25, 0.3) is 0 Å². The van der Waals surface area contributed by atoms with Crippen LogP contribution < -0.4 is 10.1 Å². The van der Waals surface area contributed by atoms with Gasteiger partial charge in [-0.2, -0.15) is 0 Å². The summed E-state index contributed by atoms with van der Waals surface area (Å²) in [4.78, 5) is 2.68. The highest BCUT2D eigenvalue weighted by atomic mass is 79.9. The smallest absolute Gasteiger partial charge is 0.133 e. The second-order valence-corrected chi connectivity index (χ2v) is 7.02. The highest BCUT2D eigenvalue weighted by Crippen LogP contribution is 2.41. The van der Waals surface area contributed by atoms with Gasteiger partial charge in [-0.25, -0.2) is 0 Å². The molecule has 1 atom stereocenters. The van der Waals surface area contributed by atoms with Crippen LogP contribution in [0.4, 0.5) is 0 Å². The van der Waals surface area contributed by atoms with E-state index in [2.05, 4.69) is 44.3 Å². The molecular formula is C17H25BrN2O. The molecule has 3 nitrogen and oxygen atoms in total. The summed E-state index contributed by atoms with van der Waals surface area (Å²) in [6.45, 7) is 4.54. The zero-order valence-electron chi connectivity index (χ0n) is 12.8. The molecule has 21 heavy (non-hydrogen) atoms. The molecule has 2 aliphatic rings. The van der Waals surface area contributed by atoms with Gasteiger partial charge in [-0.15, -0.1) is 0 Å². The molecule has 0 spiro atoms. The fourth-order valence-corrected chi connectivity index (χ4v) is 4.44. The summed E-state index contributed by atoms with van der Waals surface area (Å²) >= 11 is 3.65. The first-order chi connectivity index (χ1) is 10.3. The largest absolute Gasteiger partial charge is 0.496 e. The van der Waals surface area contributed by atoms with Gasteiger partial charge >= 0.3 is 0 Å². The lowest BCUT2D eigenvalue weighted by Gasteiger charge is -2.38. The Bertz CT molecular complexity index is 468. The van der Waals surface area contributed by atoms with Gasteiger partial charge in [0.2, 0.25) is 0 Å². The summed E-state index contributed by atoms with van der Waals surface area (Å²) in [5.74, 6) is 1.73. The van der Waals surface area contributed by atoms with Gasteiger partial charge in [0.1, 0.15) is 5.75 Å². The molecule has 0 amide bonds. The van der Waals surface area contributed by atoms with E-state index in [1.807, 2.05) is 0 Å². The Morgan fingerprint density at radius 1 is 1.24 bits per heavy atom.